The first-order valence-corrected chi connectivity index (χ1v) is 3.78. The third-order valence-electron chi connectivity index (χ3n) is 1.39. The number of halogens is 2. The molecule has 12 heavy (non-hydrogen) atoms. The van der Waals surface area contributed by atoms with Crippen LogP contribution < -0.4 is 22.5 Å². The van der Waals surface area contributed by atoms with Crippen LogP contribution in [0.15, 0.2) is 0 Å². The number of unbranched alkanes of at least 4 members (excludes halogenated alkanes) is 3. The van der Waals surface area contributed by atoms with Gasteiger partial charge in [-0.05, 0) is 12.8 Å². The summed E-state index contributed by atoms with van der Waals surface area (Å²) in [6, 6.07) is 0. The van der Waals surface area contributed by atoms with Crippen molar-refractivity contribution in [1.82, 2.24) is 10.9 Å². The third kappa shape index (κ3) is 16.8. The topological polar surface area (TPSA) is 76.1 Å². The lowest BCUT2D eigenvalue weighted by Crippen LogP contribution is -2.23. The van der Waals surface area contributed by atoms with Crippen molar-refractivity contribution in [2.45, 2.75) is 25.7 Å². The van der Waals surface area contributed by atoms with Crippen molar-refractivity contribution in [3.05, 3.63) is 0 Å². The summed E-state index contributed by atoms with van der Waals surface area (Å²) in [7, 11) is 0. The van der Waals surface area contributed by atoms with Gasteiger partial charge < -0.3 is 0 Å². The van der Waals surface area contributed by atoms with E-state index in [0.717, 1.165) is 25.9 Å². The lowest BCUT2D eigenvalue weighted by Gasteiger charge is -1.99. The maximum Gasteiger partial charge on any atom is 0.00974 e. The highest BCUT2D eigenvalue weighted by Crippen LogP contribution is 1.96. The summed E-state index contributed by atoms with van der Waals surface area (Å²) in [6.07, 6.45) is 4.76. The van der Waals surface area contributed by atoms with Crippen LogP contribution in [0, 0.1) is 0 Å². The molecule has 0 aromatic carbocycles. The quantitative estimate of drug-likeness (QED) is 0.282. The number of hydrogen-bond donors (Lipinski definition) is 4. The second-order valence-electron chi connectivity index (χ2n) is 2.32. The van der Waals surface area contributed by atoms with Crippen molar-refractivity contribution in [3.63, 3.8) is 0 Å². The first-order valence-electron chi connectivity index (χ1n) is 3.78. The SMILES string of the molecule is Cl.Cl.NNCCCCCCNN. The van der Waals surface area contributed by atoms with E-state index in [-0.39, 0.29) is 24.8 Å². The van der Waals surface area contributed by atoms with Gasteiger partial charge in [-0.1, -0.05) is 12.8 Å². The highest BCUT2D eigenvalue weighted by atomic mass is 35.5. The molecule has 0 bridgehead atoms. The van der Waals surface area contributed by atoms with E-state index in [1.807, 2.05) is 0 Å². The average molecular weight is 219 g/mol. The summed E-state index contributed by atoms with van der Waals surface area (Å²) in [6.45, 7) is 1.83. The molecule has 0 rings (SSSR count). The van der Waals surface area contributed by atoms with Gasteiger partial charge in [-0.2, -0.15) is 0 Å². The Morgan fingerprint density at radius 1 is 0.667 bits per heavy atom. The van der Waals surface area contributed by atoms with E-state index < -0.39 is 0 Å². The highest BCUT2D eigenvalue weighted by molar-refractivity contribution is 5.85. The Labute approximate surface area is 86.6 Å². The molecule has 0 radical (unpaired) electrons. The summed E-state index contributed by atoms with van der Waals surface area (Å²) in [4.78, 5) is 0. The summed E-state index contributed by atoms with van der Waals surface area (Å²) in [5.74, 6) is 10.2. The fraction of sp³-hybridized carbons (Fsp3) is 1.00. The van der Waals surface area contributed by atoms with Gasteiger partial charge in [-0.15, -0.1) is 24.8 Å². The lowest BCUT2D eigenvalue weighted by atomic mass is 10.2. The second kappa shape index (κ2) is 17.5. The van der Waals surface area contributed by atoms with Gasteiger partial charge in [0, 0.05) is 13.1 Å². The van der Waals surface area contributed by atoms with E-state index in [1.165, 1.54) is 12.8 Å². The van der Waals surface area contributed by atoms with Crippen LogP contribution in [0.25, 0.3) is 0 Å². The molecular formula is C6H20Cl2N4. The van der Waals surface area contributed by atoms with Gasteiger partial charge >= 0.3 is 0 Å². The summed E-state index contributed by atoms with van der Waals surface area (Å²) in [5, 5.41) is 0. The minimum atomic E-state index is 0. The number of nitrogens with two attached hydrogens (primary N) is 2. The number of nitrogens with one attached hydrogen (secondary N) is 2. The molecule has 0 atom stereocenters. The fourth-order valence-corrected chi connectivity index (χ4v) is 0.808. The van der Waals surface area contributed by atoms with Crippen LogP contribution in [-0.4, -0.2) is 13.1 Å². The van der Waals surface area contributed by atoms with Crippen molar-refractivity contribution in [3.8, 4) is 0 Å². The number of hydrogen-bond acceptors (Lipinski definition) is 4. The molecule has 0 aliphatic carbocycles. The average Bonchev–Trinajstić information content (AvgIpc) is 1.97. The minimum absolute atomic E-state index is 0. The molecule has 0 aromatic rings. The van der Waals surface area contributed by atoms with E-state index in [0.29, 0.717) is 0 Å². The maximum absolute atomic E-state index is 5.09. The predicted octanol–water partition coefficient (Wildman–Crippen LogP) is 0.317. The predicted molar refractivity (Wildman–Crippen MR) is 57.3 cm³/mol. The Morgan fingerprint density at radius 2 is 1.00 bits per heavy atom. The zero-order chi connectivity index (χ0) is 7.66. The standard InChI is InChI=1S/C6H18N4.2ClH/c7-9-5-3-1-2-4-6-10-8;;/h9-10H,1-8H2;2*1H. The molecule has 0 spiro atoms. The molecule has 0 saturated heterocycles. The van der Waals surface area contributed by atoms with Crippen molar-refractivity contribution < 1.29 is 0 Å². The van der Waals surface area contributed by atoms with Gasteiger partial charge in [-0.3, -0.25) is 22.5 Å². The van der Waals surface area contributed by atoms with Crippen LogP contribution in [-0.2, 0) is 0 Å². The van der Waals surface area contributed by atoms with Crippen molar-refractivity contribution in [2.75, 3.05) is 13.1 Å². The Bertz CT molecular complexity index is 57.5. The number of hydrazine groups is 2. The van der Waals surface area contributed by atoms with E-state index >= 15 is 0 Å². The Morgan fingerprint density at radius 3 is 1.25 bits per heavy atom. The molecule has 0 heterocycles. The van der Waals surface area contributed by atoms with Gasteiger partial charge in [0.05, 0.1) is 0 Å². The molecule has 4 nitrogen and oxygen atoms in total. The molecular weight excluding hydrogens is 199 g/mol. The van der Waals surface area contributed by atoms with Gasteiger partial charge in [0.2, 0.25) is 0 Å². The molecule has 0 aliphatic heterocycles. The van der Waals surface area contributed by atoms with Gasteiger partial charge in [0.15, 0.2) is 0 Å². The van der Waals surface area contributed by atoms with Crippen molar-refractivity contribution in [2.24, 2.45) is 11.7 Å². The van der Waals surface area contributed by atoms with E-state index in [1.54, 1.807) is 0 Å². The fourth-order valence-electron chi connectivity index (χ4n) is 0.808. The summed E-state index contributed by atoms with van der Waals surface area (Å²) in [5.41, 5.74) is 5.24. The van der Waals surface area contributed by atoms with Crippen LogP contribution in [0.3, 0.4) is 0 Å². The number of rotatable bonds is 7. The smallest absolute Gasteiger partial charge is 0.00974 e. The summed E-state index contributed by atoms with van der Waals surface area (Å²) < 4.78 is 0. The molecule has 0 unspecified atom stereocenters. The molecule has 0 fully saturated rings. The molecule has 6 heteroatoms. The molecule has 0 aliphatic rings. The normalized spacial score (nSPS) is 8.50. The minimum Gasteiger partial charge on any atom is -0.271 e. The lowest BCUT2D eigenvalue weighted by molar-refractivity contribution is 0.577. The maximum atomic E-state index is 5.09. The van der Waals surface area contributed by atoms with Crippen LogP contribution in [0.2, 0.25) is 0 Å². The van der Waals surface area contributed by atoms with Crippen molar-refractivity contribution >= 4 is 24.8 Å². The Kier molecular flexibility index (Phi) is 26.6. The zero-order valence-electron chi connectivity index (χ0n) is 7.21. The third-order valence-corrected chi connectivity index (χ3v) is 1.39. The first kappa shape index (κ1) is 18.3. The highest BCUT2D eigenvalue weighted by Gasteiger charge is 1.87. The Hall–Kier alpha value is 0.420. The van der Waals surface area contributed by atoms with Crippen LogP contribution in [0.1, 0.15) is 25.7 Å². The summed E-state index contributed by atoms with van der Waals surface area (Å²) >= 11 is 0. The molecule has 6 N–H and O–H groups in total. The Balaban J connectivity index is -0.000000405. The van der Waals surface area contributed by atoms with Crippen LogP contribution in [0.5, 0.6) is 0 Å². The van der Waals surface area contributed by atoms with Gasteiger partial charge in [0.1, 0.15) is 0 Å². The van der Waals surface area contributed by atoms with E-state index in [9.17, 15) is 0 Å². The van der Waals surface area contributed by atoms with E-state index in [2.05, 4.69) is 10.9 Å². The van der Waals surface area contributed by atoms with Gasteiger partial charge in [0.25, 0.3) is 0 Å². The molecule has 78 valence electrons. The first-order chi connectivity index (χ1) is 4.91. The monoisotopic (exact) mass is 218 g/mol. The largest absolute Gasteiger partial charge is 0.271 e. The van der Waals surface area contributed by atoms with Crippen LogP contribution >= 0.6 is 24.8 Å². The molecule has 0 aromatic heterocycles. The van der Waals surface area contributed by atoms with Crippen LogP contribution in [0.4, 0.5) is 0 Å². The molecule has 0 saturated carbocycles. The van der Waals surface area contributed by atoms with Gasteiger partial charge in [-0.25, -0.2) is 0 Å². The second-order valence-corrected chi connectivity index (χ2v) is 2.32. The zero-order valence-corrected chi connectivity index (χ0v) is 8.85. The van der Waals surface area contributed by atoms with E-state index in [4.69, 9.17) is 11.7 Å². The van der Waals surface area contributed by atoms with Crippen molar-refractivity contribution in [1.29, 1.82) is 0 Å². The molecule has 0 amide bonds.